The first kappa shape index (κ1) is 17.4. The first-order valence-electron chi connectivity index (χ1n) is 8.97. The van der Waals surface area contributed by atoms with E-state index in [9.17, 15) is 0 Å². The number of piperazine rings is 1. The number of nitrogens with zero attached hydrogens (tertiary/aromatic N) is 4. The Morgan fingerprint density at radius 2 is 1.80 bits per heavy atom. The lowest BCUT2D eigenvalue weighted by Gasteiger charge is -2.36. The molecule has 0 radical (unpaired) electrons. The Balaban J connectivity index is 1.42. The molecule has 0 spiro atoms. The summed E-state index contributed by atoms with van der Waals surface area (Å²) in [4.78, 5) is 13.7. The van der Waals surface area contributed by atoms with Crippen molar-refractivity contribution >= 4 is 5.96 Å². The molecule has 5 heteroatoms. The molecule has 0 saturated carbocycles. The van der Waals surface area contributed by atoms with E-state index >= 15 is 0 Å². The highest BCUT2D eigenvalue weighted by Crippen LogP contribution is 2.08. The van der Waals surface area contributed by atoms with Crippen molar-refractivity contribution < 1.29 is 0 Å². The molecule has 1 fully saturated rings. The quantitative estimate of drug-likeness (QED) is 0.670. The van der Waals surface area contributed by atoms with Crippen LogP contribution in [0.1, 0.15) is 11.3 Å². The average Bonchev–Trinajstić information content (AvgIpc) is 2.68. The van der Waals surface area contributed by atoms with Crippen molar-refractivity contribution in [2.45, 2.75) is 13.0 Å². The molecule has 0 unspecified atom stereocenters. The molecule has 25 heavy (non-hydrogen) atoms. The number of pyridine rings is 1. The summed E-state index contributed by atoms with van der Waals surface area (Å²) in [6.45, 7) is 6.03. The Labute approximate surface area is 150 Å². The molecule has 1 N–H and O–H groups in total. The largest absolute Gasteiger partial charge is 0.356 e. The highest BCUT2D eigenvalue weighted by molar-refractivity contribution is 5.80. The monoisotopic (exact) mass is 337 g/mol. The number of guanidine groups is 1. The van der Waals surface area contributed by atoms with E-state index in [-0.39, 0.29) is 0 Å². The summed E-state index contributed by atoms with van der Waals surface area (Å²) in [6, 6.07) is 16.7. The minimum absolute atomic E-state index is 0.855. The van der Waals surface area contributed by atoms with Gasteiger partial charge in [-0.25, -0.2) is 0 Å². The molecule has 1 aromatic heterocycles. The maximum Gasteiger partial charge on any atom is 0.193 e. The van der Waals surface area contributed by atoms with Crippen LogP contribution in [0, 0.1) is 0 Å². The first-order valence-corrected chi connectivity index (χ1v) is 8.97. The van der Waals surface area contributed by atoms with Crippen LogP contribution in [0.4, 0.5) is 0 Å². The summed E-state index contributed by atoms with van der Waals surface area (Å²) in [5.41, 5.74) is 2.49. The summed E-state index contributed by atoms with van der Waals surface area (Å²) in [5, 5.41) is 3.47. The molecule has 5 nitrogen and oxygen atoms in total. The molecule has 0 atom stereocenters. The number of benzene rings is 1. The molecule has 2 aromatic rings. The predicted octanol–water partition coefficient (Wildman–Crippen LogP) is 2.02. The van der Waals surface area contributed by atoms with Gasteiger partial charge in [0.2, 0.25) is 0 Å². The molecule has 1 aliphatic rings. The van der Waals surface area contributed by atoms with Crippen LogP contribution in [-0.2, 0) is 13.0 Å². The van der Waals surface area contributed by atoms with Crippen LogP contribution >= 0.6 is 0 Å². The average molecular weight is 337 g/mol. The smallest absolute Gasteiger partial charge is 0.193 e. The summed E-state index contributed by atoms with van der Waals surface area (Å²) in [5.74, 6) is 0.996. The molecular formula is C20H27N5. The Kier molecular flexibility index (Phi) is 6.40. The van der Waals surface area contributed by atoms with Gasteiger partial charge >= 0.3 is 0 Å². The van der Waals surface area contributed by atoms with Gasteiger partial charge in [-0.3, -0.25) is 14.9 Å². The Hall–Kier alpha value is -2.40. The van der Waals surface area contributed by atoms with E-state index in [0.29, 0.717) is 0 Å². The van der Waals surface area contributed by atoms with Gasteiger partial charge in [0.05, 0.1) is 0 Å². The van der Waals surface area contributed by atoms with E-state index in [1.807, 2.05) is 25.4 Å². The van der Waals surface area contributed by atoms with Crippen LogP contribution in [0.5, 0.6) is 0 Å². The van der Waals surface area contributed by atoms with Gasteiger partial charge in [0.25, 0.3) is 0 Å². The van der Waals surface area contributed by atoms with Crippen molar-refractivity contribution in [3.8, 4) is 0 Å². The van der Waals surface area contributed by atoms with E-state index in [0.717, 1.165) is 57.3 Å². The maximum atomic E-state index is 4.44. The second-order valence-corrected chi connectivity index (χ2v) is 6.29. The highest BCUT2D eigenvalue weighted by Gasteiger charge is 2.19. The zero-order valence-electron chi connectivity index (χ0n) is 14.9. The molecule has 132 valence electrons. The van der Waals surface area contributed by atoms with Gasteiger partial charge in [0.1, 0.15) is 0 Å². The van der Waals surface area contributed by atoms with Crippen LogP contribution in [0.3, 0.4) is 0 Å². The van der Waals surface area contributed by atoms with E-state index in [2.05, 4.69) is 61.5 Å². The van der Waals surface area contributed by atoms with Crippen LogP contribution in [0.2, 0.25) is 0 Å². The van der Waals surface area contributed by atoms with Gasteiger partial charge in [-0.2, -0.15) is 0 Å². The lowest BCUT2D eigenvalue weighted by Crippen LogP contribution is -2.52. The highest BCUT2D eigenvalue weighted by atomic mass is 15.3. The fraction of sp³-hybridized carbons (Fsp3) is 0.400. The predicted molar refractivity (Wildman–Crippen MR) is 103 cm³/mol. The third-order valence-corrected chi connectivity index (χ3v) is 4.52. The first-order chi connectivity index (χ1) is 12.3. The summed E-state index contributed by atoms with van der Waals surface area (Å²) >= 11 is 0. The molecule has 3 rings (SSSR count). The van der Waals surface area contributed by atoms with Gasteiger partial charge in [-0.05, 0) is 17.7 Å². The van der Waals surface area contributed by atoms with Crippen molar-refractivity contribution in [2.75, 3.05) is 39.8 Å². The topological polar surface area (TPSA) is 43.8 Å². The van der Waals surface area contributed by atoms with Crippen molar-refractivity contribution in [3.63, 3.8) is 0 Å². The van der Waals surface area contributed by atoms with Gasteiger partial charge in [0.15, 0.2) is 5.96 Å². The van der Waals surface area contributed by atoms with Crippen LogP contribution in [0.15, 0.2) is 59.7 Å². The fourth-order valence-corrected chi connectivity index (χ4v) is 3.14. The van der Waals surface area contributed by atoms with Gasteiger partial charge in [-0.1, -0.05) is 36.4 Å². The maximum absolute atomic E-state index is 4.44. The zero-order valence-corrected chi connectivity index (χ0v) is 14.9. The summed E-state index contributed by atoms with van der Waals surface area (Å²) in [6.07, 6.45) is 2.75. The summed E-state index contributed by atoms with van der Waals surface area (Å²) in [7, 11) is 1.86. The molecule has 0 bridgehead atoms. The van der Waals surface area contributed by atoms with E-state index in [1.54, 1.807) is 0 Å². The van der Waals surface area contributed by atoms with E-state index in [4.69, 9.17) is 0 Å². The molecule has 2 heterocycles. The second kappa shape index (κ2) is 9.18. The fourth-order valence-electron chi connectivity index (χ4n) is 3.14. The number of hydrogen-bond donors (Lipinski definition) is 1. The zero-order chi connectivity index (χ0) is 17.3. The molecule has 1 saturated heterocycles. The molecular weight excluding hydrogens is 310 g/mol. The third kappa shape index (κ3) is 5.29. The lowest BCUT2D eigenvalue weighted by atomic mass is 10.2. The normalized spacial score (nSPS) is 16.0. The van der Waals surface area contributed by atoms with Crippen molar-refractivity contribution in [1.82, 2.24) is 20.1 Å². The molecule has 1 aliphatic heterocycles. The van der Waals surface area contributed by atoms with Crippen molar-refractivity contribution in [2.24, 2.45) is 4.99 Å². The number of nitrogens with one attached hydrogen (secondary N) is 1. The van der Waals surface area contributed by atoms with E-state index in [1.165, 1.54) is 5.56 Å². The van der Waals surface area contributed by atoms with Crippen molar-refractivity contribution in [1.29, 1.82) is 0 Å². The minimum Gasteiger partial charge on any atom is -0.356 e. The number of aromatic nitrogens is 1. The minimum atomic E-state index is 0.855. The standard InChI is InChI=1S/C20H27N5/c1-21-20(23-12-10-19-9-5-6-11-22-19)25-15-13-24(14-16-25)17-18-7-3-2-4-8-18/h2-9,11H,10,12-17H2,1H3,(H,21,23). The van der Waals surface area contributed by atoms with E-state index < -0.39 is 0 Å². The third-order valence-electron chi connectivity index (χ3n) is 4.52. The molecule has 0 aliphatic carbocycles. The number of hydrogen-bond acceptors (Lipinski definition) is 3. The van der Waals surface area contributed by atoms with Gasteiger partial charge in [0, 0.05) is 64.6 Å². The Morgan fingerprint density at radius 1 is 1.04 bits per heavy atom. The van der Waals surface area contributed by atoms with Crippen LogP contribution in [-0.4, -0.2) is 60.5 Å². The number of rotatable bonds is 5. The van der Waals surface area contributed by atoms with Crippen molar-refractivity contribution in [3.05, 3.63) is 66.0 Å². The number of aliphatic imine (C=N–C) groups is 1. The SMILES string of the molecule is CN=C(NCCc1ccccn1)N1CCN(Cc2ccccc2)CC1. The lowest BCUT2D eigenvalue weighted by molar-refractivity contribution is 0.172. The Bertz CT molecular complexity index is 648. The molecule has 0 amide bonds. The van der Waals surface area contributed by atoms with Gasteiger partial charge in [-0.15, -0.1) is 0 Å². The second-order valence-electron chi connectivity index (χ2n) is 6.29. The summed E-state index contributed by atoms with van der Waals surface area (Å²) < 4.78 is 0. The van der Waals surface area contributed by atoms with Crippen LogP contribution < -0.4 is 5.32 Å². The van der Waals surface area contributed by atoms with Gasteiger partial charge < -0.3 is 10.2 Å². The van der Waals surface area contributed by atoms with Crippen LogP contribution in [0.25, 0.3) is 0 Å². The molecule has 1 aromatic carbocycles. The Morgan fingerprint density at radius 3 is 2.48 bits per heavy atom.